The lowest BCUT2D eigenvalue weighted by atomic mass is 9.98. The summed E-state index contributed by atoms with van der Waals surface area (Å²) in [6.45, 7) is 1.59. The van der Waals surface area contributed by atoms with Crippen LogP contribution in [0.1, 0.15) is 6.92 Å². The fraction of sp³-hybridized carbons (Fsp3) is 1.00. The average Bonchev–Trinajstić information content (AvgIpc) is 1.97. The molecule has 1 saturated heterocycles. The Balaban J connectivity index is 2.63. The van der Waals surface area contributed by atoms with E-state index in [4.69, 9.17) is 20.7 Å². The van der Waals surface area contributed by atoms with Gasteiger partial charge in [0.1, 0.15) is 0 Å². The minimum absolute atomic E-state index is 0.504. The SMILES string of the molecule is C[C@H]1O[C@@H]([O-])[C@H](O)[C@@H](O)[C@@H]1N. The van der Waals surface area contributed by atoms with Gasteiger partial charge in [0.05, 0.1) is 24.4 Å². The highest BCUT2D eigenvalue weighted by atomic mass is 16.6. The van der Waals surface area contributed by atoms with Crippen LogP contribution in [0.4, 0.5) is 0 Å². The van der Waals surface area contributed by atoms with Crippen LogP contribution in [0.2, 0.25) is 0 Å². The predicted octanol–water partition coefficient (Wildman–Crippen LogP) is -2.86. The summed E-state index contributed by atoms with van der Waals surface area (Å²) in [5.41, 5.74) is 5.40. The summed E-state index contributed by atoms with van der Waals surface area (Å²) in [6, 6.07) is -0.685. The summed E-state index contributed by atoms with van der Waals surface area (Å²) >= 11 is 0. The molecule has 0 aliphatic carbocycles. The number of aliphatic hydroxyl groups is 2. The monoisotopic (exact) mass is 162 g/mol. The van der Waals surface area contributed by atoms with Crippen molar-refractivity contribution in [1.82, 2.24) is 0 Å². The molecule has 4 N–H and O–H groups in total. The molecule has 0 bridgehead atoms. The van der Waals surface area contributed by atoms with Gasteiger partial charge < -0.3 is 25.8 Å². The molecule has 0 aromatic heterocycles. The van der Waals surface area contributed by atoms with E-state index in [2.05, 4.69) is 0 Å². The average molecular weight is 162 g/mol. The quantitative estimate of drug-likeness (QED) is 0.356. The first-order valence-electron chi connectivity index (χ1n) is 3.47. The van der Waals surface area contributed by atoms with Crippen molar-refractivity contribution in [2.45, 2.75) is 37.6 Å². The molecule has 0 aromatic carbocycles. The number of aliphatic hydroxyl groups excluding tert-OH is 2. The Bertz CT molecular complexity index is 129. The molecule has 0 spiro atoms. The lowest BCUT2D eigenvalue weighted by molar-refractivity contribution is -0.527. The molecule has 0 radical (unpaired) electrons. The van der Waals surface area contributed by atoms with Gasteiger partial charge in [0.25, 0.3) is 0 Å². The summed E-state index contributed by atoms with van der Waals surface area (Å²) in [5.74, 6) is 0. The van der Waals surface area contributed by atoms with Crippen LogP contribution >= 0.6 is 0 Å². The van der Waals surface area contributed by atoms with Gasteiger partial charge >= 0.3 is 0 Å². The van der Waals surface area contributed by atoms with Crippen molar-refractivity contribution in [3.8, 4) is 0 Å². The van der Waals surface area contributed by atoms with Gasteiger partial charge in [-0.1, -0.05) is 0 Å². The van der Waals surface area contributed by atoms with Crippen LogP contribution in [0, 0.1) is 0 Å². The molecule has 11 heavy (non-hydrogen) atoms. The van der Waals surface area contributed by atoms with Crippen LogP contribution in [0.5, 0.6) is 0 Å². The first-order chi connectivity index (χ1) is 5.04. The van der Waals surface area contributed by atoms with Crippen molar-refractivity contribution < 1.29 is 20.1 Å². The summed E-state index contributed by atoms with van der Waals surface area (Å²) in [5, 5.41) is 28.9. The van der Waals surface area contributed by atoms with Crippen LogP contribution in [0.15, 0.2) is 0 Å². The van der Waals surface area contributed by atoms with Crippen molar-refractivity contribution >= 4 is 0 Å². The second kappa shape index (κ2) is 3.04. The third-order valence-electron chi connectivity index (χ3n) is 1.91. The Hall–Kier alpha value is -0.200. The Morgan fingerprint density at radius 3 is 2.45 bits per heavy atom. The fourth-order valence-electron chi connectivity index (χ4n) is 1.05. The number of hydrogen-bond donors (Lipinski definition) is 3. The van der Waals surface area contributed by atoms with E-state index in [1.165, 1.54) is 0 Å². The maximum atomic E-state index is 10.8. The predicted molar refractivity (Wildman–Crippen MR) is 34.3 cm³/mol. The van der Waals surface area contributed by atoms with Crippen LogP contribution in [-0.4, -0.2) is 40.9 Å². The highest BCUT2D eigenvalue weighted by molar-refractivity contribution is 4.88. The molecule has 1 aliphatic rings. The van der Waals surface area contributed by atoms with E-state index in [1.54, 1.807) is 6.92 Å². The van der Waals surface area contributed by atoms with Crippen molar-refractivity contribution in [2.75, 3.05) is 0 Å². The van der Waals surface area contributed by atoms with Gasteiger partial charge in [-0.3, -0.25) is 0 Å². The van der Waals surface area contributed by atoms with E-state index in [-0.39, 0.29) is 0 Å². The zero-order valence-electron chi connectivity index (χ0n) is 6.18. The third-order valence-corrected chi connectivity index (χ3v) is 1.91. The summed E-state index contributed by atoms with van der Waals surface area (Å²) in [6.07, 6.45) is -4.68. The normalized spacial score (nSPS) is 52.6. The maximum Gasteiger partial charge on any atom is 0.0986 e. The Morgan fingerprint density at radius 2 is 1.91 bits per heavy atom. The van der Waals surface area contributed by atoms with Crippen molar-refractivity contribution in [3.05, 3.63) is 0 Å². The van der Waals surface area contributed by atoms with Gasteiger partial charge in [-0.05, 0) is 6.92 Å². The van der Waals surface area contributed by atoms with Crippen LogP contribution < -0.4 is 10.8 Å². The molecule has 5 atom stereocenters. The molecule has 0 amide bonds. The van der Waals surface area contributed by atoms with Gasteiger partial charge in [0.2, 0.25) is 0 Å². The van der Waals surface area contributed by atoms with Crippen LogP contribution in [0.25, 0.3) is 0 Å². The molecular weight excluding hydrogens is 150 g/mol. The highest BCUT2D eigenvalue weighted by Gasteiger charge is 2.35. The standard InChI is InChI=1S/C6H12NO4/c1-2-3(7)4(8)5(9)6(10)11-2/h2-6,8-9H,7H2,1H3/q-1/t2-,3-,4+,5-,6-/m1/s1. The van der Waals surface area contributed by atoms with E-state index in [0.717, 1.165) is 0 Å². The first-order valence-corrected chi connectivity index (χ1v) is 3.47. The number of ether oxygens (including phenoxy) is 1. The van der Waals surface area contributed by atoms with Gasteiger partial charge in [0.15, 0.2) is 0 Å². The minimum Gasteiger partial charge on any atom is -0.829 e. The van der Waals surface area contributed by atoms with Crippen molar-refractivity contribution in [2.24, 2.45) is 5.73 Å². The van der Waals surface area contributed by atoms with Crippen molar-refractivity contribution in [1.29, 1.82) is 0 Å². The largest absolute Gasteiger partial charge is 0.829 e. The van der Waals surface area contributed by atoms with E-state index < -0.39 is 30.6 Å². The summed E-state index contributed by atoms with van der Waals surface area (Å²) in [4.78, 5) is 0. The van der Waals surface area contributed by atoms with Gasteiger partial charge in [0, 0.05) is 6.29 Å². The van der Waals surface area contributed by atoms with E-state index >= 15 is 0 Å². The number of hydrogen-bond acceptors (Lipinski definition) is 5. The topological polar surface area (TPSA) is 98.8 Å². The summed E-state index contributed by atoms with van der Waals surface area (Å²) in [7, 11) is 0. The molecule has 66 valence electrons. The van der Waals surface area contributed by atoms with Crippen LogP contribution in [0.3, 0.4) is 0 Å². The molecule has 1 rings (SSSR count). The lowest BCUT2D eigenvalue weighted by Crippen LogP contribution is -2.63. The molecule has 1 aliphatic heterocycles. The van der Waals surface area contributed by atoms with Crippen LogP contribution in [-0.2, 0) is 4.74 Å². The Labute approximate surface area is 64.4 Å². The number of nitrogens with two attached hydrogens (primary N) is 1. The van der Waals surface area contributed by atoms with E-state index in [9.17, 15) is 5.11 Å². The molecule has 0 saturated carbocycles. The zero-order chi connectivity index (χ0) is 8.59. The molecular formula is C6H12NO4-. The molecule has 1 fully saturated rings. The first kappa shape index (κ1) is 8.89. The minimum atomic E-state index is -1.58. The Morgan fingerprint density at radius 1 is 1.36 bits per heavy atom. The molecule has 5 heteroatoms. The fourth-order valence-corrected chi connectivity index (χ4v) is 1.05. The zero-order valence-corrected chi connectivity index (χ0v) is 6.18. The van der Waals surface area contributed by atoms with Gasteiger partial charge in [-0.15, -0.1) is 0 Å². The number of rotatable bonds is 0. The van der Waals surface area contributed by atoms with Gasteiger partial charge in [-0.25, -0.2) is 0 Å². The van der Waals surface area contributed by atoms with E-state index in [0.29, 0.717) is 0 Å². The molecule has 0 aromatic rings. The summed E-state index contributed by atoms with van der Waals surface area (Å²) < 4.78 is 4.69. The Kier molecular flexibility index (Phi) is 2.46. The lowest BCUT2D eigenvalue weighted by Gasteiger charge is -2.43. The smallest absolute Gasteiger partial charge is 0.0986 e. The second-order valence-electron chi connectivity index (χ2n) is 2.77. The third kappa shape index (κ3) is 1.52. The van der Waals surface area contributed by atoms with Gasteiger partial charge in [-0.2, -0.15) is 0 Å². The molecule has 0 unspecified atom stereocenters. The molecule has 5 nitrogen and oxygen atoms in total. The molecule has 1 heterocycles. The highest BCUT2D eigenvalue weighted by Crippen LogP contribution is 2.15. The van der Waals surface area contributed by atoms with Crippen molar-refractivity contribution in [3.63, 3.8) is 0 Å². The maximum absolute atomic E-state index is 10.8. The van der Waals surface area contributed by atoms with E-state index in [1.807, 2.05) is 0 Å². The second-order valence-corrected chi connectivity index (χ2v) is 2.77.